The molecular weight excluding hydrogens is 613 g/mol. The van der Waals surface area contributed by atoms with Crippen molar-refractivity contribution in [2.45, 2.75) is 19.3 Å². The van der Waals surface area contributed by atoms with Crippen LogP contribution >= 0.6 is 0 Å². The molecule has 0 aromatic heterocycles. The van der Waals surface area contributed by atoms with E-state index in [4.69, 9.17) is 0 Å². The van der Waals surface area contributed by atoms with Crippen LogP contribution in [0.5, 0.6) is 0 Å². The Morgan fingerprint density at radius 1 is 0.255 bits per heavy atom. The van der Waals surface area contributed by atoms with Crippen LogP contribution in [0.1, 0.15) is 25.0 Å². The zero-order chi connectivity index (χ0) is 34.1. The zero-order valence-corrected chi connectivity index (χ0v) is 28.8. The monoisotopic (exact) mass is 648 g/mol. The highest BCUT2D eigenvalue weighted by Gasteiger charge is 2.34. The average Bonchev–Trinajstić information content (AvgIpc) is 3.44. The number of fused-ring (bicyclic) bond motifs is 3. The molecule has 9 aromatic carbocycles. The molecular formula is C51H36. The first-order chi connectivity index (χ1) is 25.0. The van der Waals surface area contributed by atoms with Gasteiger partial charge in [0.2, 0.25) is 0 Å². The van der Waals surface area contributed by atoms with Gasteiger partial charge in [0.05, 0.1) is 0 Å². The summed E-state index contributed by atoms with van der Waals surface area (Å²) in [7, 11) is 0. The predicted molar refractivity (Wildman–Crippen MR) is 218 cm³/mol. The van der Waals surface area contributed by atoms with Crippen LogP contribution in [0.3, 0.4) is 0 Å². The van der Waals surface area contributed by atoms with Crippen molar-refractivity contribution in [2.75, 3.05) is 0 Å². The Balaban J connectivity index is 1.08. The summed E-state index contributed by atoms with van der Waals surface area (Å²) in [5.74, 6) is 0. The number of rotatable bonds is 5. The van der Waals surface area contributed by atoms with Crippen LogP contribution < -0.4 is 0 Å². The maximum absolute atomic E-state index is 2.42. The van der Waals surface area contributed by atoms with E-state index in [1.54, 1.807) is 0 Å². The smallest absolute Gasteiger partial charge is 0.0159 e. The molecule has 0 N–H and O–H groups in total. The molecule has 240 valence electrons. The van der Waals surface area contributed by atoms with Gasteiger partial charge in [-0.3, -0.25) is 0 Å². The molecule has 0 aliphatic heterocycles. The third-order valence-corrected chi connectivity index (χ3v) is 11.2. The Hall–Kier alpha value is -6.24. The highest BCUT2D eigenvalue weighted by atomic mass is 14.4. The molecule has 0 radical (unpaired) electrons. The summed E-state index contributed by atoms with van der Waals surface area (Å²) in [6.45, 7) is 4.74. The third-order valence-electron chi connectivity index (χ3n) is 11.2. The zero-order valence-electron chi connectivity index (χ0n) is 28.8. The minimum absolute atomic E-state index is 0.00357. The Bertz CT molecular complexity index is 2750. The van der Waals surface area contributed by atoms with Crippen LogP contribution in [0.25, 0.3) is 88.0 Å². The van der Waals surface area contributed by atoms with Crippen molar-refractivity contribution in [1.82, 2.24) is 0 Å². The van der Waals surface area contributed by atoms with Gasteiger partial charge in [0.15, 0.2) is 0 Å². The second-order valence-electron chi connectivity index (χ2n) is 14.5. The van der Waals surface area contributed by atoms with Crippen LogP contribution in [0, 0.1) is 0 Å². The highest BCUT2D eigenvalue weighted by molar-refractivity contribution is 6.29. The molecule has 0 saturated carbocycles. The second kappa shape index (κ2) is 11.4. The maximum Gasteiger partial charge on any atom is 0.0159 e. The van der Waals surface area contributed by atoms with E-state index in [0.717, 1.165) is 0 Å². The first-order valence-electron chi connectivity index (χ1n) is 17.9. The van der Waals surface area contributed by atoms with Crippen molar-refractivity contribution >= 4 is 32.3 Å². The van der Waals surface area contributed by atoms with Gasteiger partial charge in [0, 0.05) is 5.41 Å². The van der Waals surface area contributed by atoms with Gasteiger partial charge in [0.1, 0.15) is 0 Å². The van der Waals surface area contributed by atoms with Gasteiger partial charge in [-0.1, -0.05) is 159 Å². The van der Waals surface area contributed by atoms with Crippen molar-refractivity contribution in [3.8, 4) is 55.6 Å². The number of hydrogen-bond acceptors (Lipinski definition) is 0. The molecule has 0 fully saturated rings. The van der Waals surface area contributed by atoms with Gasteiger partial charge in [-0.15, -0.1) is 0 Å². The molecule has 10 rings (SSSR count). The summed E-state index contributed by atoms with van der Waals surface area (Å²) in [6.07, 6.45) is 0. The molecule has 0 heterocycles. The van der Waals surface area contributed by atoms with Crippen molar-refractivity contribution < 1.29 is 0 Å². The Kier molecular flexibility index (Phi) is 6.63. The third kappa shape index (κ3) is 4.75. The summed E-state index contributed by atoms with van der Waals surface area (Å²) in [5, 5.41) is 8.22. The van der Waals surface area contributed by atoms with Crippen molar-refractivity contribution in [3.05, 3.63) is 193 Å². The summed E-state index contributed by atoms with van der Waals surface area (Å²) in [6, 6.07) is 67.2. The average molecular weight is 649 g/mol. The molecule has 51 heavy (non-hydrogen) atoms. The Morgan fingerprint density at radius 2 is 0.627 bits per heavy atom. The topological polar surface area (TPSA) is 0 Å². The largest absolute Gasteiger partial charge is 0.0622 e. The normalized spacial score (nSPS) is 13.1. The van der Waals surface area contributed by atoms with Gasteiger partial charge >= 0.3 is 0 Å². The summed E-state index contributed by atoms with van der Waals surface area (Å²) in [5.41, 5.74) is 15.1. The second-order valence-corrected chi connectivity index (χ2v) is 14.5. The number of benzene rings is 9. The fourth-order valence-corrected chi connectivity index (χ4v) is 8.61. The van der Waals surface area contributed by atoms with E-state index in [-0.39, 0.29) is 5.41 Å². The van der Waals surface area contributed by atoms with E-state index in [1.807, 2.05) is 0 Å². The molecule has 9 aromatic rings. The minimum atomic E-state index is -0.00357. The van der Waals surface area contributed by atoms with Gasteiger partial charge in [0.25, 0.3) is 0 Å². The predicted octanol–water partition coefficient (Wildman–Crippen LogP) is 14.1. The number of hydrogen-bond donors (Lipinski definition) is 0. The molecule has 1 aliphatic carbocycles. The van der Waals surface area contributed by atoms with E-state index in [0.29, 0.717) is 0 Å². The molecule has 0 unspecified atom stereocenters. The molecule has 0 heteroatoms. The first-order valence-corrected chi connectivity index (χ1v) is 17.9. The lowest BCUT2D eigenvalue weighted by atomic mass is 9.82. The van der Waals surface area contributed by atoms with Crippen LogP contribution in [0.15, 0.2) is 182 Å². The SMILES string of the molecule is CC1(C)c2cccc3c4ccc(-c5cccc(-c6cccc(-c7cc(-c8ccccc8)cc(-c8ccccc8)c7)c6)c5)cc4c4cccc1c4c23. The van der Waals surface area contributed by atoms with Gasteiger partial charge in [-0.25, -0.2) is 0 Å². The van der Waals surface area contributed by atoms with Crippen molar-refractivity contribution in [1.29, 1.82) is 0 Å². The molecule has 0 bridgehead atoms. The van der Waals surface area contributed by atoms with E-state index in [1.165, 1.54) is 99.1 Å². The quantitative estimate of drug-likeness (QED) is 0.163. The van der Waals surface area contributed by atoms with Crippen molar-refractivity contribution in [2.24, 2.45) is 0 Å². The molecule has 0 nitrogen and oxygen atoms in total. The van der Waals surface area contributed by atoms with Gasteiger partial charge in [-0.05, 0) is 135 Å². The molecule has 0 atom stereocenters. The lowest BCUT2D eigenvalue weighted by Crippen LogP contribution is -2.14. The van der Waals surface area contributed by atoms with E-state index in [9.17, 15) is 0 Å². The lowest BCUT2D eigenvalue weighted by molar-refractivity contribution is 0.663. The summed E-state index contributed by atoms with van der Waals surface area (Å²) < 4.78 is 0. The lowest BCUT2D eigenvalue weighted by Gasteiger charge is -2.21. The van der Waals surface area contributed by atoms with E-state index < -0.39 is 0 Å². The maximum atomic E-state index is 2.42. The summed E-state index contributed by atoms with van der Waals surface area (Å²) in [4.78, 5) is 0. The van der Waals surface area contributed by atoms with E-state index >= 15 is 0 Å². The van der Waals surface area contributed by atoms with Crippen LogP contribution in [0.4, 0.5) is 0 Å². The molecule has 0 amide bonds. The molecule has 0 saturated heterocycles. The van der Waals surface area contributed by atoms with Crippen LogP contribution in [0.2, 0.25) is 0 Å². The van der Waals surface area contributed by atoms with E-state index in [2.05, 4.69) is 196 Å². The van der Waals surface area contributed by atoms with Gasteiger partial charge < -0.3 is 0 Å². The van der Waals surface area contributed by atoms with Crippen LogP contribution in [-0.4, -0.2) is 0 Å². The Morgan fingerprint density at radius 3 is 1.14 bits per heavy atom. The Labute approximate surface area is 299 Å². The fourth-order valence-electron chi connectivity index (χ4n) is 8.61. The molecule has 0 spiro atoms. The van der Waals surface area contributed by atoms with Gasteiger partial charge in [-0.2, -0.15) is 0 Å². The summed E-state index contributed by atoms with van der Waals surface area (Å²) >= 11 is 0. The molecule has 1 aliphatic rings. The standard InChI is InChI=1S/C51H36/c1-51(2)47-23-11-21-44-43-26-25-39(32-46(43)45-22-12-24-48(51)50(45)49(44)47)37-19-9-17-35(27-37)36-18-10-20-38(28-36)42-30-40(33-13-5-3-6-14-33)29-41(31-42)34-15-7-4-8-16-34/h3-32H,1-2H3. The van der Waals surface area contributed by atoms with Crippen molar-refractivity contribution in [3.63, 3.8) is 0 Å². The minimum Gasteiger partial charge on any atom is -0.0622 e. The fraction of sp³-hybridized carbons (Fsp3) is 0.0588. The highest BCUT2D eigenvalue weighted by Crippen LogP contribution is 2.51. The van der Waals surface area contributed by atoms with Crippen LogP contribution in [-0.2, 0) is 5.41 Å². The first kappa shape index (κ1) is 29.7.